The standard InChI is InChI=1S/C32H32N2O2/c1-5-34(6-2)25-18-19-28(23(4)21-25)32(29-16-9-7-15-27(29)31(35)36-32)33-30-17-10-8-14-26(30)24-13-11-12-22(3)20-24/h7-21,33H,5-6H2,1-4H3. The Kier molecular flexibility index (Phi) is 6.27. The molecule has 4 aromatic rings. The highest BCUT2D eigenvalue weighted by Gasteiger charge is 2.48. The van der Waals surface area contributed by atoms with Crippen LogP contribution in [-0.2, 0) is 10.5 Å². The second kappa shape index (κ2) is 9.54. The lowest BCUT2D eigenvalue weighted by Crippen LogP contribution is -2.38. The number of para-hydroxylation sites is 1. The van der Waals surface area contributed by atoms with E-state index in [2.05, 4.69) is 86.4 Å². The molecule has 4 nitrogen and oxygen atoms in total. The van der Waals surface area contributed by atoms with Crippen LogP contribution in [0.1, 0.15) is 46.5 Å². The summed E-state index contributed by atoms with van der Waals surface area (Å²) in [5.41, 5.74) is 7.68. The van der Waals surface area contributed by atoms with Gasteiger partial charge in [-0.2, -0.15) is 0 Å². The van der Waals surface area contributed by atoms with Gasteiger partial charge in [-0.1, -0.05) is 72.3 Å². The first-order valence-corrected chi connectivity index (χ1v) is 12.6. The SMILES string of the molecule is CCN(CC)c1ccc(C2(Nc3ccccc3-c3cccc(C)c3)OC(=O)c3ccccc32)c(C)c1. The first-order valence-electron chi connectivity index (χ1n) is 12.6. The molecule has 0 bridgehead atoms. The monoisotopic (exact) mass is 476 g/mol. The zero-order valence-electron chi connectivity index (χ0n) is 21.3. The minimum absolute atomic E-state index is 0.321. The molecule has 0 radical (unpaired) electrons. The van der Waals surface area contributed by atoms with Gasteiger partial charge < -0.3 is 15.0 Å². The Labute approximate surface area is 213 Å². The number of fused-ring (bicyclic) bond motifs is 1. The van der Waals surface area contributed by atoms with Crippen molar-refractivity contribution >= 4 is 17.3 Å². The van der Waals surface area contributed by atoms with Gasteiger partial charge >= 0.3 is 5.97 Å². The fourth-order valence-electron chi connectivity index (χ4n) is 5.25. The average Bonchev–Trinajstić information content (AvgIpc) is 3.17. The maximum absolute atomic E-state index is 13.2. The van der Waals surface area contributed by atoms with Crippen molar-refractivity contribution in [3.8, 4) is 11.1 Å². The minimum atomic E-state index is -1.14. The van der Waals surface area contributed by atoms with E-state index in [-0.39, 0.29) is 5.97 Å². The van der Waals surface area contributed by atoms with Gasteiger partial charge in [0.25, 0.3) is 0 Å². The summed E-state index contributed by atoms with van der Waals surface area (Å²) in [7, 11) is 0. The summed E-state index contributed by atoms with van der Waals surface area (Å²) in [6.07, 6.45) is 0. The van der Waals surface area contributed by atoms with Gasteiger partial charge in [-0.3, -0.25) is 0 Å². The number of anilines is 2. The molecule has 182 valence electrons. The maximum atomic E-state index is 13.2. The van der Waals surface area contributed by atoms with Crippen LogP contribution in [-0.4, -0.2) is 19.1 Å². The Hall–Kier alpha value is -4.05. The summed E-state index contributed by atoms with van der Waals surface area (Å²) in [6.45, 7) is 10.4. The molecule has 0 fully saturated rings. The third-order valence-electron chi connectivity index (χ3n) is 7.06. The zero-order valence-corrected chi connectivity index (χ0v) is 21.3. The molecule has 1 aliphatic rings. The number of carbonyl (C=O) groups excluding carboxylic acids is 1. The average molecular weight is 477 g/mol. The lowest BCUT2D eigenvalue weighted by molar-refractivity contribution is 0.0211. The first-order chi connectivity index (χ1) is 17.5. The van der Waals surface area contributed by atoms with Crippen molar-refractivity contribution < 1.29 is 9.53 Å². The Morgan fingerprint density at radius 3 is 2.22 bits per heavy atom. The van der Waals surface area contributed by atoms with Crippen LogP contribution in [0.2, 0.25) is 0 Å². The van der Waals surface area contributed by atoms with Crippen molar-refractivity contribution in [3.05, 3.63) is 119 Å². The number of benzene rings is 4. The van der Waals surface area contributed by atoms with Crippen LogP contribution < -0.4 is 10.2 Å². The molecular weight excluding hydrogens is 444 g/mol. The number of aryl methyl sites for hydroxylation is 2. The van der Waals surface area contributed by atoms with E-state index in [4.69, 9.17) is 4.74 Å². The maximum Gasteiger partial charge on any atom is 0.341 e. The van der Waals surface area contributed by atoms with Crippen molar-refractivity contribution in [1.82, 2.24) is 0 Å². The highest BCUT2D eigenvalue weighted by atomic mass is 16.6. The molecule has 1 atom stereocenters. The van der Waals surface area contributed by atoms with E-state index in [1.54, 1.807) is 0 Å². The van der Waals surface area contributed by atoms with E-state index < -0.39 is 5.72 Å². The molecule has 0 aromatic heterocycles. The van der Waals surface area contributed by atoms with Gasteiger partial charge in [0, 0.05) is 41.2 Å². The zero-order chi connectivity index (χ0) is 25.3. The number of rotatable bonds is 7. The molecule has 1 unspecified atom stereocenters. The first kappa shape index (κ1) is 23.7. The van der Waals surface area contributed by atoms with Crippen LogP contribution in [0, 0.1) is 13.8 Å². The van der Waals surface area contributed by atoms with Gasteiger partial charge in [0.2, 0.25) is 5.72 Å². The van der Waals surface area contributed by atoms with Gasteiger partial charge in [-0.05, 0) is 63.1 Å². The van der Waals surface area contributed by atoms with Crippen LogP contribution in [0.5, 0.6) is 0 Å². The third kappa shape index (κ3) is 4.03. The lowest BCUT2D eigenvalue weighted by Gasteiger charge is -2.34. The lowest BCUT2D eigenvalue weighted by atomic mass is 9.88. The molecule has 0 spiro atoms. The molecule has 36 heavy (non-hydrogen) atoms. The number of cyclic esters (lactones) is 1. The van der Waals surface area contributed by atoms with Crippen molar-refractivity contribution in [1.29, 1.82) is 0 Å². The van der Waals surface area contributed by atoms with Gasteiger partial charge in [-0.15, -0.1) is 0 Å². The summed E-state index contributed by atoms with van der Waals surface area (Å²) >= 11 is 0. The highest BCUT2D eigenvalue weighted by Crippen LogP contribution is 2.45. The van der Waals surface area contributed by atoms with E-state index in [0.29, 0.717) is 5.56 Å². The molecule has 0 amide bonds. The molecule has 4 aromatic carbocycles. The normalized spacial score (nSPS) is 16.4. The van der Waals surface area contributed by atoms with Gasteiger partial charge in [0.1, 0.15) is 0 Å². The van der Waals surface area contributed by atoms with Gasteiger partial charge in [0.15, 0.2) is 0 Å². The second-order valence-electron chi connectivity index (χ2n) is 9.33. The van der Waals surface area contributed by atoms with Gasteiger partial charge in [0.05, 0.1) is 5.56 Å². The Morgan fingerprint density at radius 2 is 1.50 bits per heavy atom. The van der Waals surface area contributed by atoms with Crippen LogP contribution in [0.15, 0.2) is 91.0 Å². The summed E-state index contributed by atoms with van der Waals surface area (Å²) in [5, 5.41) is 3.70. The molecule has 5 rings (SSSR count). The van der Waals surface area contributed by atoms with E-state index in [9.17, 15) is 4.79 Å². The molecular formula is C32H32N2O2. The predicted octanol–water partition coefficient (Wildman–Crippen LogP) is 7.30. The summed E-state index contributed by atoms with van der Waals surface area (Å²) < 4.78 is 6.29. The van der Waals surface area contributed by atoms with Crippen molar-refractivity contribution in [3.63, 3.8) is 0 Å². The third-order valence-corrected chi connectivity index (χ3v) is 7.06. The summed E-state index contributed by atoms with van der Waals surface area (Å²) in [5.74, 6) is -0.321. The van der Waals surface area contributed by atoms with E-state index in [1.165, 1.54) is 5.56 Å². The Bertz CT molecular complexity index is 1420. The fraction of sp³-hybridized carbons (Fsp3) is 0.219. The molecule has 1 aliphatic heterocycles. The highest BCUT2D eigenvalue weighted by molar-refractivity contribution is 5.96. The number of hydrogen-bond acceptors (Lipinski definition) is 4. The predicted molar refractivity (Wildman–Crippen MR) is 148 cm³/mol. The van der Waals surface area contributed by atoms with Crippen molar-refractivity contribution in [2.24, 2.45) is 0 Å². The van der Waals surface area contributed by atoms with Gasteiger partial charge in [-0.25, -0.2) is 4.79 Å². The quantitative estimate of drug-likeness (QED) is 0.284. The smallest absolute Gasteiger partial charge is 0.341 e. The topological polar surface area (TPSA) is 41.6 Å². The number of ether oxygens (including phenoxy) is 1. The molecule has 1 N–H and O–H groups in total. The Balaban J connectivity index is 1.69. The van der Waals surface area contributed by atoms with E-state index in [1.807, 2.05) is 42.5 Å². The molecule has 0 aliphatic carbocycles. The largest absolute Gasteiger partial charge is 0.427 e. The Morgan fingerprint density at radius 1 is 0.778 bits per heavy atom. The number of nitrogens with one attached hydrogen (secondary N) is 1. The molecule has 0 saturated carbocycles. The van der Waals surface area contributed by atoms with E-state index >= 15 is 0 Å². The molecule has 4 heteroatoms. The fourth-order valence-corrected chi connectivity index (χ4v) is 5.25. The number of esters is 1. The van der Waals surface area contributed by atoms with Crippen molar-refractivity contribution in [2.75, 3.05) is 23.3 Å². The minimum Gasteiger partial charge on any atom is -0.427 e. The van der Waals surface area contributed by atoms with Crippen LogP contribution in [0.25, 0.3) is 11.1 Å². The molecule has 1 heterocycles. The van der Waals surface area contributed by atoms with Crippen LogP contribution in [0.4, 0.5) is 11.4 Å². The number of carbonyl (C=O) groups is 1. The second-order valence-corrected chi connectivity index (χ2v) is 9.33. The number of nitrogens with zero attached hydrogens (tertiary/aromatic N) is 1. The van der Waals surface area contributed by atoms with Crippen molar-refractivity contribution in [2.45, 2.75) is 33.4 Å². The summed E-state index contributed by atoms with van der Waals surface area (Å²) in [6, 6.07) is 30.7. The molecule has 0 saturated heterocycles. The van der Waals surface area contributed by atoms with E-state index in [0.717, 1.165) is 52.3 Å². The summed E-state index contributed by atoms with van der Waals surface area (Å²) in [4.78, 5) is 15.5. The van der Waals surface area contributed by atoms with Crippen LogP contribution >= 0.6 is 0 Å². The van der Waals surface area contributed by atoms with Crippen LogP contribution in [0.3, 0.4) is 0 Å². The number of hydrogen-bond donors (Lipinski definition) is 1.